The van der Waals surface area contributed by atoms with Crippen molar-refractivity contribution in [3.8, 4) is 0 Å². The summed E-state index contributed by atoms with van der Waals surface area (Å²) >= 11 is 0. The monoisotopic (exact) mass is 178 g/mol. The summed E-state index contributed by atoms with van der Waals surface area (Å²) in [5.74, 6) is 0. The van der Waals surface area contributed by atoms with Gasteiger partial charge in [0.2, 0.25) is 0 Å². The van der Waals surface area contributed by atoms with E-state index in [0.29, 0.717) is 0 Å². The minimum absolute atomic E-state index is 2.72. The molecule has 0 amide bonds. The summed E-state index contributed by atoms with van der Waals surface area (Å²) < 4.78 is 47.7. The fraction of sp³-hybridized carbons (Fsp3) is 0. The quantitative estimate of drug-likeness (QED) is 0.284. The molecule has 0 spiro atoms. The van der Waals surface area contributed by atoms with Crippen LogP contribution in [0.2, 0.25) is 0 Å². The maximum Gasteiger partial charge on any atom is 0.319 e. The SMILES string of the molecule is O=[SH](=O)[S+]([O-])[SH](=O)=O. The summed E-state index contributed by atoms with van der Waals surface area (Å²) in [6, 6.07) is 0. The van der Waals surface area contributed by atoms with Crippen LogP contribution in [-0.2, 0) is 28.7 Å². The van der Waals surface area contributed by atoms with E-state index >= 15 is 0 Å². The van der Waals surface area contributed by atoms with Gasteiger partial charge in [0.1, 0.15) is 0 Å². The first kappa shape index (κ1) is 8.21. The van der Waals surface area contributed by atoms with E-state index in [1.54, 1.807) is 0 Å². The van der Waals surface area contributed by atoms with Gasteiger partial charge in [-0.15, -0.1) is 0 Å². The highest BCUT2D eigenvalue weighted by atomic mass is 33.5. The molecule has 0 heterocycles. The molecule has 0 radical (unpaired) electrons. The molecule has 8 heavy (non-hydrogen) atoms. The van der Waals surface area contributed by atoms with Crippen molar-refractivity contribution in [2.75, 3.05) is 0 Å². The molecule has 5 nitrogen and oxygen atoms in total. The lowest BCUT2D eigenvalue weighted by atomic mass is 15.9. The van der Waals surface area contributed by atoms with Gasteiger partial charge in [0, 0.05) is 0 Å². The van der Waals surface area contributed by atoms with E-state index in [9.17, 15) is 21.4 Å². The maximum absolute atomic E-state index is 9.76. The molecule has 0 N–H and O–H groups in total. The van der Waals surface area contributed by atoms with Gasteiger partial charge in [0.15, 0.2) is 9.24 Å². The Bertz CT molecular complexity index is 158. The molecule has 0 rings (SSSR count). The van der Waals surface area contributed by atoms with Crippen LogP contribution in [0, 0.1) is 0 Å². The maximum atomic E-state index is 9.76. The molecule has 50 valence electrons. The highest BCUT2D eigenvalue weighted by Gasteiger charge is 2.09. The zero-order valence-electron chi connectivity index (χ0n) is 3.34. The second-order valence-corrected chi connectivity index (χ2v) is 6.68. The van der Waals surface area contributed by atoms with E-state index in [2.05, 4.69) is 0 Å². The van der Waals surface area contributed by atoms with Crippen LogP contribution in [0.15, 0.2) is 0 Å². The van der Waals surface area contributed by atoms with Crippen molar-refractivity contribution in [2.45, 2.75) is 0 Å². The van der Waals surface area contributed by atoms with E-state index in [1.807, 2.05) is 0 Å². The Kier molecular flexibility index (Phi) is 3.36. The van der Waals surface area contributed by atoms with Crippen molar-refractivity contribution in [2.24, 2.45) is 0 Å². The Balaban J connectivity index is 4.27. The van der Waals surface area contributed by atoms with E-state index in [1.165, 1.54) is 0 Å². The minimum atomic E-state index is -3.33. The Hall–Kier alpha value is 0.210. The molecule has 0 aliphatic carbocycles. The summed E-state index contributed by atoms with van der Waals surface area (Å²) in [7, 11) is -9.37. The molecular formula is H2O5S3. The van der Waals surface area contributed by atoms with Crippen LogP contribution >= 0.6 is 0 Å². The Labute approximate surface area is 50.6 Å². The summed E-state index contributed by atoms with van der Waals surface area (Å²) in [4.78, 5) is 0. The molecule has 0 saturated carbocycles. The van der Waals surface area contributed by atoms with Gasteiger partial charge in [0.25, 0.3) is 0 Å². The van der Waals surface area contributed by atoms with Crippen molar-refractivity contribution in [3.63, 3.8) is 0 Å². The highest BCUT2D eigenvalue weighted by molar-refractivity contribution is 8.90. The van der Waals surface area contributed by atoms with Crippen LogP contribution in [0.5, 0.6) is 0 Å². The lowest BCUT2D eigenvalue weighted by molar-refractivity contribution is 0.591. The molecule has 8 heteroatoms. The first-order valence-electron chi connectivity index (χ1n) is 1.26. The standard InChI is InChI=1S/H2O5S3/c1-6(2)8(5)7(3)4/h6-7H. The topological polar surface area (TPSA) is 91.3 Å². The van der Waals surface area contributed by atoms with Crippen LogP contribution in [0.1, 0.15) is 0 Å². The van der Waals surface area contributed by atoms with Crippen molar-refractivity contribution in [1.29, 1.82) is 0 Å². The largest absolute Gasteiger partial charge is 0.587 e. The predicted molar refractivity (Wildman–Crippen MR) is 28.8 cm³/mol. The number of rotatable bonds is 2. The van der Waals surface area contributed by atoms with Crippen molar-refractivity contribution in [1.82, 2.24) is 0 Å². The fourth-order valence-corrected chi connectivity index (χ4v) is 1.47. The van der Waals surface area contributed by atoms with Crippen LogP contribution in [-0.4, -0.2) is 21.4 Å². The van der Waals surface area contributed by atoms with Crippen LogP contribution < -0.4 is 0 Å². The van der Waals surface area contributed by atoms with Gasteiger partial charge in [-0.25, -0.2) is 0 Å². The minimum Gasteiger partial charge on any atom is -0.587 e. The molecule has 0 aromatic carbocycles. The Morgan fingerprint density at radius 2 is 1.25 bits per heavy atom. The second-order valence-electron chi connectivity index (χ2n) is 0.678. The van der Waals surface area contributed by atoms with Gasteiger partial charge >= 0.3 is 19.5 Å². The molecule has 0 saturated heterocycles. The van der Waals surface area contributed by atoms with E-state index in [-0.39, 0.29) is 0 Å². The first-order valence-corrected chi connectivity index (χ1v) is 5.98. The number of thiol groups is 2. The van der Waals surface area contributed by atoms with Crippen molar-refractivity contribution >= 4 is 28.7 Å². The van der Waals surface area contributed by atoms with Gasteiger partial charge in [-0.3, -0.25) is 0 Å². The molecule has 0 fully saturated rings. The summed E-state index contributed by atoms with van der Waals surface area (Å²) in [5, 5.41) is 0. The third-order valence-electron chi connectivity index (χ3n) is 0.255. The molecule has 0 unspecified atom stereocenters. The van der Waals surface area contributed by atoms with Gasteiger partial charge < -0.3 is 4.55 Å². The zero-order chi connectivity index (χ0) is 6.73. The van der Waals surface area contributed by atoms with E-state index < -0.39 is 28.7 Å². The predicted octanol–water partition coefficient (Wildman–Crippen LogP) is -2.21. The molecule has 0 bridgehead atoms. The molecule has 0 aliphatic heterocycles. The molecule has 0 atom stereocenters. The van der Waals surface area contributed by atoms with Gasteiger partial charge in [-0.05, 0) is 0 Å². The normalized spacial score (nSPS) is 11.5. The van der Waals surface area contributed by atoms with Crippen LogP contribution in [0.4, 0.5) is 0 Å². The van der Waals surface area contributed by atoms with E-state index in [4.69, 9.17) is 0 Å². The van der Waals surface area contributed by atoms with Crippen LogP contribution in [0.25, 0.3) is 0 Å². The summed E-state index contributed by atoms with van der Waals surface area (Å²) in [6.07, 6.45) is 0. The third-order valence-corrected chi connectivity index (χ3v) is 4.70. The highest BCUT2D eigenvalue weighted by Crippen LogP contribution is 1.87. The number of hydrogen-bond donors (Lipinski definition) is 2. The fourth-order valence-electron chi connectivity index (χ4n) is 0.0544. The molecule has 0 aliphatic rings. The van der Waals surface area contributed by atoms with Crippen LogP contribution in [0.3, 0.4) is 0 Å². The van der Waals surface area contributed by atoms with Crippen molar-refractivity contribution in [3.05, 3.63) is 0 Å². The van der Waals surface area contributed by atoms with Gasteiger partial charge in [-0.2, -0.15) is 16.8 Å². The second kappa shape index (κ2) is 3.28. The summed E-state index contributed by atoms with van der Waals surface area (Å²) in [5.41, 5.74) is 0. The zero-order valence-corrected chi connectivity index (χ0v) is 5.95. The Morgan fingerprint density at radius 3 is 1.25 bits per heavy atom. The lowest BCUT2D eigenvalue weighted by Crippen LogP contribution is -2.01. The molecule has 0 aromatic rings. The smallest absolute Gasteiger partial charge is 0.319 e. The first-order chi connectivity index (χ1) is 3.55. The average molecular weight is 178 g/mol. The van der Waals surface area contributed by atoms with E-state index in [0.717, 1.165) is 0 Å². The molecular weight excluding hydrogens is 176 g/mol. The molecule has 0 aromatic heterocycles. The summed E-state index contributed by atoms with van der Waals surface area (Å²) in [6.45, 7) is 0. The third kappa shape index (κ3) is 2.50. The van der Waals surface area contributed by atoms with Crippen molar-refractivity contribution < 1.29 is 21.4 Å². The number of hydrogen-bond acceptors (Lipinski definition) is 5. The average Bonchev–Trinajstić information content (AvgIpc) is 1.64. The van der Waals surface area contributed by atoms with Gasteiger partial charge in [-0.1, -0.05) is 0 Å². The van der Waals surface area contributed by atoms with Gasteiger partial charge in [0.05, 0.1) is 0 Å². The lowest BCUT2D eigenvalue weighted by Gasteiger charge is -1.86. The Morgan fingerprint density at radius 1 is 1.00 bits per heavy atom.